The van der Waals surface area contributed by atoms with Crippen molar-refractivity contribution in [3.63, 3.8) is 0 Å². The molecule has 0 fully saturated rings. The topological polar surface area (TPSA) is 63.6 Å². The van der Waals surface area contributed by atoms with Crippen LogP contribution in [0.15, 0.2) is 12.1 Å². The highest BCUT2D eigenvalue weighted by molar-refractivity contribution is 5.98. The number of hydrogen-bond donors (Lipinski definition) is 1. The number of hydrogen-bond acceptors (Lipinski definition) is 3. The predicted molar refractivity (Wildman–Crippen MR) is 54.2 cm³/mol. The number of carboxylic acids is 1. The van der Waals surface area contributed by atoms with Crippen LogP contribution in [0.5, 0.6) is 0 Å². The first-order chi connectivity index (χ1) is 6.99. The van der Waals surface area contributed by atoms with E-state index in [4.69, 9.17) is 5.11 Å². The molecule has 0 saturated carbocycles. The Bertz CT molecular complexity index is 421. The summed E-state index contributed by atoms with van der Waals surface area (Å²) < 4.78 is 4.56. The average molecular weight is 208 g/mol. The second-order valence-electron chi connectivity index (χ2n) is 3.23. The number of benzene rings is 1. The number of carbonyl (C=O) groups is 2. The summed E-state index contributed by atoms with van der Waals surface area (Å²) in [5.74, 6) is -1.55. The molecule has 0 aromatic heterocycles. The van der Waals surface area contributed by atoms with Gasteiger partial charge in [0.1, 0.15) is 0 Å². The van der Waals surface area contributed by atoms with E-state index in [-0.39, 0.29) is 5.56 Å². The van der Waals surface area contributed by atoms with Gasteiger partial charge in [-0.15, -0.1) is 0 Å². The van der Waals surface area contributed by atoms with Gasteiger partial charge in [-0.25, -0.2) is 9.59 Å². The number of carboxylic acid groups (broad SMARTS) is 1. The Morgan fingerprint density at radius 2 is 1.87 bits per heavy atom. The quantitative estimate of drug-likeness (QED) is 0.752. The van der Waals surface area contributed by atoms with E-state index in [2.05, 4.69) is 4.74 Å². The minimum atomic E-state index is -1.03. The van der Waals surface area contributed by atoms with E-state index in [1.54, 1.807) is 26.0 Å². The summed E-state index contributed by atoms with van der Waals surface area (Å²) in [6, 6.07) is 3.17. The minimum Gasteiger partial charge on any atom is -0.478 e. The SMILES string of the molecule is COC(=O)c1ccc(C)c(C(=O)O)c1C. The molecule has 15 heavy (non-hydrogen) atoms. The van der Waals surface area contributed by atoms with Crippen LogP contribution < -0.4 is 0 Å². The highest BCUT2D eigenvalue weighted by Gasteiger charge is 2.17. The monoisotopic (exact) mass is 208 g/mol. The Balaban J connectivity index is 3.41. The van der Waals surface area contributed by atoms with Gasteiger partial charge in [0, 0.05) is 0 Å². The Kier molecular flexibility index (Phi) is 3.09. The van der Waals surface area contributed by atoms with Gasteiger partial charge >= 0.3 is 11.9 Å². The molecule has 0 saturated heterocycles. The maximum absolute atomic E-state index is 11.3. The summed E-state index contributed by atoms with van der Waals surface area (Å²) in [6.45, 7) is 3.29. The maximum Gasteiger partial charge on any atom is 0.338 e. The number of rotatable bonds is 2. The second-order valence-corrected chi connectivity index (χ2v) is 3.23. The lowest BCUT2D eigenvalue weighted by Crippen LogP contribution is -2.10. The molecule has 0 aliphatic rings. The number of esters is 1. The van der Waals surface area contributed by atoms with Gasteiger partial charge in [-0.05, 0) is 31.0 Å². The Morgan fingerprint density at radius 1 is 1.27 bits per heavy atom. The number of carbonyl (C=O) groups excluding carboxylic acids is 1. The third kappa shape index (κ3) is 1.98. The van der Waals surface area contributed by atoms with Gasteiger partial charge in [0.25, 0.3) is 0 Å². The normalized spacial score (nSPS) is 9.80. The van der Waals surface area contributed by atoms with Crippen molar-refractivity contribution in [1.82, 2.24) is 0 Å². The van der Waals surface area contributed by atoms with Crippen LogP contribution in [0.25, 0.3) is 0 Å². The molecule has 0 heterocycles. The zero-order valence-corrected chi connectivity index (χ0v) is 8.83. The molecule has 0 aliphatic carbocycles. The van der Waals surface area contributed by atoms with Crippen LogP contribution in [-0.2, 0) is 4.74 Å². The first-order valence-corrected chi connectivity index (χ1v) is 4.40. The molecule has 0 bridgehead atoms. The predicted octanol–water partition coefficient (Wildman–Crippen LogP) is 1.79. The van der Waals surface area contributed by atoms with Gasteiger partial charge in [-0.2, -0.15) is 0 Å². The van der Waals surface area contributed by atoms with Crippen LogP contribution in [0.2, 0.25) is 0 Å². The zero-order valence-electron chi connectivity index (χ0n) is 8.83. The van der Waals surface area contributed by atoms with E-state index in [1.807, 2.05) is 0 Å². The number of aryl methyl sites for hydroxylation is 1. The lowest BCUT2D eigenvalue weighted by Gasteiger charge is -2.09. The van der Waals surface area contributed by atoms with Gasteiger partial charge in [0.05, 0.1) is 18.2 Å². The van der Waals surface area contributed by atoms with Crippen molar-refractivity contribution in [2.75, 3.05) is 7.11 Å². The van der Waals surface area contributed by atoms with Crippen LogP contribution in [0.1, 0.15) is 31.8 Å². The molecular weight excluding hydrogens is 196 g/mol. The summed E-state index contributed by atoms with van der Waals surface area (Å²) >= 11 is 0. The fraction of sp³-hybridized carbons (Fsp3) is 0.273. The molecule has 0 spiro atoms. The summed E-state index contributed by atoms with van der Waals surface area (Å²) in [5, 5.41) is 8.97. The molecule has 1 N–H and O–H groups in total. The third-order valence-electron chi connectivity index (χ3n) is 2.29. The molecule has 0 atom stereocenters. The fourth-order valence-corrected chi connectivity index (χ4v) is 1.51. The van der Waals surface area contributed by atoms with Crippen molar-refractivity contribution in [1.29, 1.82) is 0 Å². The van der Waals surface area contributed by atoms with Gasteiger partial charge in [0.15, 0.2) is 0 Å². The number of methoxy groups -OCH3 is 1. The van der Waals surface area contributed by atoms with Crippen molar-refractivity contribution < 1.29 is 19.4 Å². The highest BCUT2D eigenvalue weighted by atomic mass is 16.5. The lowest BCUT2D eigenvalue weighted by molar-refractivity contribution is 0.0600. The van der Waals surface area contributed by atoms with Gasteiger partial charge in [-0.3, -0.25) is 0 Å². The second kappa shape index (κ2) is 4.13. The first-order valence-electron chi connectivity index (χ1n) is 4.40. The van der Waals surface area contributed by atoms with Gasteiger partial charge in [0.2, 0.25) is 0 Å². The van der Waals surface area contributed by atoms with Crippen LogP contribution in [0.3, 0.4) is 0 Å². The van der Waals surface area contributed by atoms with Crippen molar-refractivity contribution in [2.24, 2.45) is 0 Å². The molecule has 4 nitrogen and oxygen atoms in total. The van der Waals surface area contributed by atoms with E-state index < -0.39 is 11.9 Å². The van der Waals surface area contributed by atoms with E-state index >= 15 is 0 Å². The van der Waals surface area contributed by atoms with E-state index in [9.17, 15) is 9.59 Å². The molecule has 0 unspecified atom stereocenters. The van der Waals surface area contributed by atoms with E-state index in [0.29, 0.717) is 16.7 Å². The minimum absolute atomic E-state index is 0.165. The fourth-order valence-electron chi connectivity index (χ4n) is 1.51. The van der Waals surface area contributed by atoms with Crippen LogP contribution in [0, 0.1) is 13.8 Å². The van der Waals surface area contributed by atoms with Crippen molar-refractivity contribution in [3.8, 4) is 0 Å². The molecule has 0 radical (unpaired) electrons. The Morgan fingerprint density at radius 3 is 2.33 bits per heavy atom. The molecule has 0 aliphatic heterocycles. The Hall–Kier alpha value is -1.84. The molecule has 1 aromatic rings. The number of aromatic carboxylic acids is 1. The smallest absolute Gasteiger partial charge is 0.338 e. The summed E-state index contributed by atoms with van der Waals surface area (Å²) in [5.41, 5.74) is 1.53. The molecular formula is C11H12O4. The van der Waals surface area contributed by atoms with Gasteiger partial charge < -0.3 is 9.84 Å². The van der Waals surface area contributed by atoms with Crippen molar-refractivity contribution in [3.05, 3.63) is 34.4 Å². The summed E-state index contributed by atoms with van der Waals surface area (Å²) in [7, 11) is 1.27. The van der Waals surface area contributed by atoms with E-state index in [0.717, 1.165) is 0 Å². The van der Waals surface area contributed by atoms with Crippen LogP contribution in [0.4, 0.5) is 0 Å². The average Bonchev–Trinajstić information content (AvgIpc) is 2.16. The van der Waals surface area contributed by atoms with Crippen LogP contribution in [-0.4, -0.2) is 24.2 Å². The Labute approximate surface area is 87.5 Å². The van der Waals surface area contributed by atoms with Crippen molar-refractivity contribution >= 4 is 11.9 Å². The largest absolute Gasteiger partial charge is 0.478 e. The molecule has 1 rings (SSSR count). The number of ether oxygens (including phenoxy) is 1. The highest BCUT2D eigenvalue weighted by Crippen LogP contribution is 2.18. The van der Waals surface area contributed by atoms with Gasteiger partial charge in [-0.1, -0.05) is 6.07 Å². The van der Waals surface area contributed by atoms with E-state index in [1.165, 1.54) is 7.11 Å². The third-order valence-corrected chi connectivity index (χ3v) is 2.29. The molecule has 0 amide bonds. The van der Waals surface area contributed by atoms with Crippen LogP contribution >= 0.6 is 0 Å². The molecule has 1 aromatic carbocycles. The zero-order chi connectivity index (χ0) is 11.6. The lowest BCUT2D eigenvalue weighted by atomic mass is 9.98. The molecule has 80 valence electrons. The summed E-state index contributed by atoms with van der Waals surface area (Å²) in [6.07, 6.45) is 0. The first kappa shape index (κ1) is 11.2. The standard InChI is InChI=1S/C11H12O4/c1-6-4-5-8(11(14)15-3)7(2)9(6)10(12)13/h4-5H,1-3H3,(H,12,13). The summed E-state index contributed by atoms with van der Waals surface area (Å²) in [4.78, 5) is 22.3. The maximum atomic E-state index is 11.3. The van der Waals surface area contributed by atoms with Crippen molar-refractivity contribution in [2.45, 2.75) is 13.8 Å². The molecule has 4 heteroatoms.